The topological polar surface area (TPSA) is 191 Å². The van der Waals surface area contributed by atoms with Gasteiger partial charge >= 0.3 is 11.9 Å². The summed E-state index contributed by atoms with van der Waals surface area (Å²) in [6.07, 6.45) is 6.18. The van der Waals surface area contributed by atoms with E-state index in [1.807, 2.05) is 50.2 Å². The van der Waals surface area contributed by atoms with Gasteiger partial charge < -0.3 is 23.8 Å². The van der Waals surface area contributed by atoms with Crippen LogP contribution in [0.1, 0.15) is 49.7 Å². The Kier molecular flexibility index (Phi) is 16.8. The molecule has 0 N–H and O–H groups in total. The molecule has 3 aromatic carbocycles. The van der Waals surface area contributed by atoms with Gasteiger partial charge in [-0.1, -0.05) is 13.2 Å². The number of esters is 2. The monoisotopic (exact) mass is 725 g/mol. The van der Waals surface area contributed by atoms with E-state index in [0.717, 1.165) is 35.9 Å². The molecule has 0 atom stereocenters. The largest absolute Gasteiger partial charge is 0.491 e. The number of nitriles is 1. The predicted molar refractivity (Wildman–Crippen MR) is 199 cm³/mol. The van der Waals surface area contributed by atoms with Gasteiger partial charge in [0.15, 0.2) is 0 Å². The molecule has 0 spiro atoms. The fourth-order valence-corrected chi connectivity index (χ4v) is 4.58. The maximum Gasteiger partial charge on any atom is 0.330 e. The minimum absolute atomic E-state index is 0.0288. The van der Waals surface area contributed by atoms with Crippen molar-refractivity contribution in [1.82, 2.24) is 0 Å². The first-order chi connectivity index (χ1) is 25.6. The number of unbranched alkanes of at least 4 members (excludes halogenated alkanes) is 4. The van der Waals surface area contributed by atoms with Gasteiger partial charge in [-0.3, -0.25) is 10.1 Å². The number of nitro groups is 1. The van der Waals surface area contributed by atoms with Crippen molar-refractivity contribution in [2.45, 2.75) is 45.4 Å². The Balaban J connectivity index is 1.95. The Morgan fingerprint density at radius 1 is 0.755 bits per heavy atom. The summed E-state index contributed by atoms with van der Waals surface area (Å²) in [4.78, 5) is 35.3. The van der Waals surface area contributed by atoms with Crippen molar-refractivity contribution in [3.05, 3.63) is 95.1 Å². The smallest absolute Gasteiger partial charge is 0.330 e. The van der Waals surface area contributed by atoms with Crippen LogP contribution < -0.4 is 14.4 Å². The Hall–Kier alpha value is -6.43. The first kappa shape index (κ1) is 41.0. The molecule has 0 aliphatic heterocycles. The van der Waals surface area contributed by atoms with Crippen LogP contribution in [0.4, 0.5) is 34.1 Å². The van der Waals surface area contributed by atoms with Crippen molar-refractivity contribution in [2.75, 3.05) is 45.4 Å². The number of nitro benzene ring substituents is 1. The summed E-state index contributed by atoms with van der Waals surface area (Å²) < 4.78 is 22.4. The average Bonchev–Trinajstić information content (AvgIpc) is 3.15. The molecule has 278 valence electrons. The molecule has 0 amide bonds. The molecular formula is C38H43N7O8. The highest BCUT2D eigenvalue weighted by atomic mass is 16.6. The number of azo groups is 2. The first-order valence-electron chi connectivity index (χ1n) is 16.9. The van der Waals surface area contributed by atoms with E-state index in [2.05, 4.69) is 33.6 Å². The number of ether oxygens (including phenoxy) is 4. The van der Waals surface area contributed by atoms with Crippen molar-refractivity contribution in [3.8, 4) is 17.6 Å². The van der Waals surface area contributed by atoms with Gasteiger partial charge in [-0.2, -0.15) is 10.4 Å². The van der Waals surface area contributed by atoms with Crippen LogP contribution >= 0.6 is 0 Å². The second-order valence-electron chi connectivity index (χ2n) is 11.7. The maximum absolute atomic E-state index is 11.3. The van der Waals surface area contributed by atoms with E-state index in [1.54, 1.807) is 12.1 Å². The lowest BCUT2D eigenvalue weighted by atomic mass is 10.2. The molecule has 3 rings (SSSR count). The summed E-state index contributed by atoms with van der Waals surface area (Å²) >= 11 is 0. The Bertz CT molecular complexity index is 1870. The minimum Gasteiger partial charge on any atom is -0.491 e. The molecule has 0 aromatic heterocycles. The molecule has 0 aliphatic carbocycles. The van der Waals surface area contributed by atoms with Crippen molar-refractivity contribution in [1.29, 1.82) is 5.26 Å². The molecule has 3 aromatic rings. The molecule has 53 heavy (non-hydrogen) atoms. The van der Waals surface area contributed by atoms with E-state index in [-0.39, 0.29) is 42.4 Å². The molecule has 0 fully saturated rings. The summed E-state index contributed by atoms with van der Waals surface area (Å²) in [6, 6.07) is 14.7. The summed E-state index contributed by atoms with van der Waals surface area (Å²) in [6.45, 7) is 9.80. The maximum atomic E-state index is 11.3. The highest BCUT2D eigenvalue weighted by Gasteiger charge is 2.15. The number of rotatable bonds is 22. The SMILES string of the molecule is C=CC(=O)OCCCCCOc1cc(/N=N/c2ccc([N+](=O)[O-])cc2C#N)c(OCCCCCOC(=O)C=C)cc1/N=N/c1ccc(N(C)C)cc1C. The first-order valence-corrected chi connectivity index (χ1v) is 16.9. The van der Waals surface area contributed by atoms with Gasteiger partial charge in [-0.05, 0) is 75.3 Å². The van der Waals surface area contributed by atoms with Crippen molar-refractivity contribution < 1.29 is 33.5 Å². The summed E-state index contributed by atoms with van der Waals surface area (Å²) in [5.41, 5.74) is 3.04. The zero-order chi connectivity index (χ0) is 38.6. The number of nitrogens with zero attached hydrogens (tertiary/aromatic N) is 7. The van der Waals surface area contributed by atoms with Gasteiger partial charge in [0.05, 0.1) is 42.6 Å². The molecule has 15 heteroatoms. The fraction of sp³-hybridized carbons (Fsp3) is 0.342. The molecule has 0 heterocycles. The normalized spacial score (nSPS) is 10.8. The van der Waals surface area contributed by atoms with E-state index in [4.69, 9.17) is 18.9 Å². The zero-order valence-corrected chi connectivity index (χ0v) is 30.2. The molecular weight excluding hydrogens is 682 g/mol. The lowest BCUT2D eigenvalue weighted by Crippen LogP contribution is -2.08. The molecule has 0 saturated heterocycles. The number of non-ortho nitro benzene ring substituents is 1. The number of hydrogen-bond donors (Lipinski definition) is 0. The number of benzene rings is 3. The molecule has 15 nitrogen and oxygen atoms in total. The number of hydrogen-bond acceptors (Lipinski definition) is 14. The van der Waals surface area contributed by atoms with Crippen LogP contribution in [0.25, 0.3) is 0 Å². The standard InChI is InChI=1S/C38H43N7O8/c1-6-37(46)52-20-12-8-10-18-50-35-25-34(43-41-32-17-15-30(45(48)49)23-28(32)26-39)36(51-19-11-9-13-21-53-38(47)7-2)24-33(35)42-40-31-16-14-29(44(4)5)22-27(31)3/h6-7,14-17,22-25H,1-2,8-13,18-21H2,3-5H3/b42-40+,43-41+. The molecule has 0 radical (unpaired) electrons. The highest BCUT2D eigenvalue weighted by Crippen LogP contribution is 2.42. The van der Waals surface area contributed by atoms with E-state index in [0.29, 0.717) is 61.6 Å². The van der Waals surface area contributed by atoms with Crippen molar-refractivity contribution >= 4 is 46.1 Å². The second kappa shape index (κ2) is 21.7. The second-order valence-corrected chi connectivity index (χ2v) is 11.7. The van der Waals surface area contributed by atoms with Gasteiger partial charge in [0.25, 0.3) is 5.69 Å². The van der Waals surface area contributed by atoms with Gasteiger partial charge in [-0.15, -0.1) is 15.3 Å². The Labute approximate surface area is 308 Å². The number of aryl methyl sites for hydroxylation is 1. The molecule has 0 aliphatic rings. The van der Waals surface area contributed by atoms with Crippen LogP contribution in [-0.4, -0.2) is 57.4 Å². The van der Waals surface area contributed by atoms with Gasteiger partial charge in [-0.25, -0.2) is 9.59 Å². The zero-order valence-electron chi connectivity index (χ0n) is 30.2. The number of carbonyl (C=O) groups is 2. The van der Waals surface area contributed by atoms with Crippen LogP contribution in [0.15, 0.2) is 94.3 Å². The van der Waals surface area contributed by atoms with Crippen LogP contribution in [0.2, 0.25) is 0 Å². The van der Waals surface area contributed by atoms with Gasteiger partial charge in [0.1, 0.15) is 34.6 Å². The summed E-state index contributed by atoms with van der Waals surface area (Å²) in [5, 5.41) is 38.5. The van der Waals surface area contributed by atoms with Gasteiger partial charge in [0, 0.05) is 56.2 Å². The third-order valence-corrected chi connectivity index (χ3v) is 7.49. The third kappa shape index (κ3) is 13.7. The quantitative estimate of drug-likeness (QED) is 0.0241. The predicted octanol–water partition coefficient (Wildman–Crippen LogP) is 9.23. The van der Waals surface area contributed by atoms with Crippen molar-refractivity contribution in [3.63, 3.8) is 0 Å². The van der Waals surface area contributed by atoms with E-state index in [1.165, 1.54) is 12.1 Å². The van der Waals surface area contributed by atoms with Crippen LogP contribution in [-0.2, 0) is 19.1 Å². The van der Waals surface area contributed by atoms with Gasteiger partial charge in [0.2, 0.25) is 0 Å². The Morgan fingerprint density at radius 3 is 1.72 bits per heavy atom. The van der Waals surface area contributed by atoms with Crippen molar-refractivity contribution in [2.24, 2.45) is 20.5 Å². The molecule has 0 unspecified atom stereocenters. The molecule has 0 bridgehead atoms. The Morgan fingerprint density at radius 2 is 1.25 bits per heavy atom. The highest BCUT2D eigenvalue weighted by molar-refractivity contribution is 5.81. The van der Waals surface area contributed by atoms with Crippen LogP contribution in [0, 0.1) is 28.4 Å². The van der Waals surface area contributed by atoms with Crippen LogP contribution in [0.5, 0.6) is 11.5 Å². The van der Waals surface area contributed by atoms with Crippen LogP contribution in [0.3, 0.4) is 0 Å². The summed E-state index contributed by atoms with van der Waals surface area (Å²) in [7, 11) is 3.91. The summed E-state index contributed by atoms with van der Waals surface area (Å²) in [5.74, 6) is -0.316. The number of carbonyl (C=O) groups excluding carboxylic acids is 2. The fourth-order valence-electron chi connectivity index (χ4n) is 4.58. The van der Waals surface area contributed by atoms with E-state index < -0.39 is 16.9 Å². The average molecular weight is 726 g/mol. The van der Waals surface area contributed by atoms with E-state index in [9.17, 15) is 25.0 Å². The lowest BCUT2D eigenvalue weighted by Gasteiger charge is -2.14. The molecule has 0 saturated carbocycles. The lowest BCUT2D eigenvalue weighted by molar-refractivity contribution is -0.384. The number of anilines is 1. The van der Waals surface area contributed by atoms with E-state index >= 15 is 0 Å². The minimum atomic E-state index is -0.597. The third-order valence-electron chi connectivity index (χ3n) is 7.49.